The van der Waals surface area contributed by atoms with Crippen LogP contribution < -0.4 is 0 Å². The Labute approximate surface area is 110 Å². The van der Waals surface area contributed by atoms with Crippen LogP contribution in [0, 0.1) is 12.7 Å². The maximum absolute atomic E-state index is 13.7. The number of carbonyl (C=O) groups is 1. The van der Waals surface area contributed by atoms with Crippen molar-refractivity contribution in [2.45, 2.75) is 13.3 Å². The first-order valence-electron chi connectivity index (χ1n) is 5.60. The van der Waals surface area contributed by atoms with Gasteiger partial charge >= 0.3 is 0 Å². The molecule has 0 atom stereocenters. The van der Waals surface area contributed by atoms with Crippen LogP contribution in [0.3, 0.4) is 0 Å². The van der Waals surface area contributed by atoms with Gasteiger partial charge in [-0.3, -0.25) is 4.79 Å². The van der Waals surface area contributed by atoms with Gasteiger partial charge in [-0.05, 0) is 30.2 Å². The summed E-state index contributed by atoms with van der Waals surface area (Å²) in [4.78, 5) is 12.0. The molecule has 0 saturated carbocycles. The molecule has 0 aliphatic heterocycles. The van der Waals surface area contributed by atoms with Gasteiger partial charge in [0.25, 0.3) is 0 Å². The predicted octanol–water partition coefficient (Wildman–Crippen LogP) is 4.21. The SMILES string of the molecule is Cc1cc(C(=O)Cc2ccccc2)c(F)cc1Cl. The molecule has 3 heteroatoms. The average molecular weight is 263 g/mol. The zero-order valence-electron chi connectivity index (χ0n) is 9.91. The molecule has 0 N–H and O–H groups in total. The lowest BCUT2D eigenvalue weighted by molar-refractivity contribution is 0.0989. The maximum atomic E-state index is 13.7. The van der Waals surface area contributed by atoms with Gasteiger partial charge in [-0.25, -0.2) is 4.39 Å². The minimum absolute atomic E-state index is 0.0979. The van der Waals surface area contributed by atoms with Gasteiger partial charge in [-0.2, -0.15) is 0 Å². The number of hydrogen-bond donors (Lipinski definition) is 0. The van der Waals surface area contributed by atoms with Gasteiger partial charge in [-0.15, -0.1) is 0 Å². The Bertz CT molecular complexity index is 579. The third-order valence-electron chi connectivity index (χ3n) is 2.76. The number of hydrogen-bond acceptors (Lipinski definition) is 1. The zero-order valence-corrected chi connectivity index (χ0v) is 10.7. The van der Waals surface area contributed by atoms with E-state index in [0.29, 0.717) is 10.6 Å². The molecular formula is C15H12ClFO. The van der Waals surface area contributed by atoms with Crippen LogP contribution in [0.25, 0.3) is 0 Å². The van der Waals surface area contributed by atoms with E-state index in [1.807, 2.05) is 30.3 Å². The minimum atomic E-state index is -0.563. The van der Waals surface area contributed by atoms with Crippen molar-refractivity contribution in [3.63, 3.8) is 0 Å². The lowest BCUT2D eigenvalue weighted by Gasteiger charge is -2.06. The fourth-order valence-electron chi connectivity index (χ4n) is 1.75. The highest BCUT2D eigenvalue weighted by atomic mass is 35.5. The molecule has 2 aromatic carbocycles. The molecule has 2 rings (SSSR count). The molecule has 0 aromatic heterocycles. The minimum Gasteiger partial charge on any atom is -0.294 e. The van der Waals surface area contributed by atoms with E-state index in [2.05, 4.69) is 0 Å². The summed E-state index contributed by atoms with van der Waals surface area (Å²) >= 11 is 5.80. The summed E-state index contributed by atoms with van der Waals surface area (Å²) in [6.07, 6.45) is 0.193. The van der Waals surface area contributed by atoms with E-state index < -0.39 is 5.82 Å². The van der Waals surface area contributed by atoms with Crippen LogP contribution in [-0.4, -0.2) is 5.78 Å². The monoisotopic (exact) mass is 262 g/mol. The van der Waals surface area contributed by atoms with Crippen molar-refractivity contribution in [2.24, 2.45) is 0 Å². The number of Topliss-reactive ketones (excluding diaryl/α,β-unsaturated/α-hetero) is 1. The third-order valence-corrected chi connectivity index (χ3v) is 3.16. The van der Waals surface area contributed by atoms with E-state index in [9.17, 15) is 9.18 Å². The molecule has 0 saturated heterocycles. The van der Waals surface area contributed by atoms with Crippen molar-refractivity contribution in [2.75, 3.05) is 0 Å². The van der Waals surface area contributed by atoms with Crippen LogP contribution in [0.2, 0.25) is 5.02 Å². The molecule has 0 spiro atoms. The Morgan fingerprint density at radius 1 is 1.22 bits per heavy atom. The van der Waals surface area contributed by atoms with Crippen molar-refractivity contribution in [3.05, 3.63) is 70.0 Å². The van der Waals surface area contributed by atoms with E-state index in [-0.39, 0.29) is 17.8 Å². The number of rotatable bonds is 3. The highest BCUT2D eigenvalue weighted by Crippen LogP contribution is 2.21. The van der Waals surface area contributed by atoms with Gasteiger partial charge < -0.3 is 0 Å². The Balaban J connectivity index is 2.27. The topological polar surface area (TPSA) is 17.1 Å². The standard InChI is InChI=1S/C15H12ClFO/c1-10-7-12(14(17)9-13(10)16)15(18)8-11-5-3-2-4-6-11/h2-7,9H,8H2,1H3. The molecule has 0 unspecified atom stereocenters. The number of carbonyl (C=O) groups excluding carboxylic acids is 1. The summed E-state index contributed by atoms with van der Waals surface area (Å²) in [6.45, 7) is 1.75. The van der Waals surface area contributed by atoms with E-state index in [0.717, 1.165) is 5.56 Å². The predicted molar refractivity (Wildman–Crippen MR) is 70.6 cm³/mol. The summed E-state index contributed by atoms with van der Waals surface area (Å²) in [6, 6.07) is 12.0. The summed E-state index contributed by atoms with van der Waals surface area (Å²) in [5.74, 6) is -0.801. The average Bonchev–Trinajstić information content (AvgIpc) is 2.35. The quantitative estimate of drug-likeness (QED) is 0.757. The molecular weight excluding hydrogens is 251 g/mol. The molecule has 0 amide bonds. The Morgan fingerprint density at radius 3 is 2.56 bits per heavy atom. The second-order valence-electron chi connectivity index (χ2n) is 4.17. The molecule has 0 radical (unpaired) electrons. The normalized spacial score (nSPS) is 10.4. The van der Waals surface area contributed by atoms with Gasteiger partial charge in [0.15, 0.2) is 5.78 Å². The first kappa shape index (κ1) is 12.8. The summed E-state index contributed by atoms with van der Waals surface area (Å²) in [5, 5.41) is 0.337. The van der Waals surface area contributed by atoms with Gasteiger partial charge in [0.05, 0.1) is 5.56 Å². The zero-order chi connectivity index (χ0) is 13.1. The third kappa shape index (κ3) is 2.77. The highest BCUT2D eigenvalue weighted by molar-refractivity contribution is 6.31. The molecule has 0 bridgehead atoms. The van der Waals surface area contributed by atoms with Gasteiger partial charge in [0, 0.05) is 11.4 Å². The highest BCUT2D eigenvalue weighted by Gasteiger charge is 2.14. The Hall–Kier alpha value is -1.67. The van der Waals surface area contributed by atoms with Gasteiger partial charge in [0.1, 0.15) is 5.82 Å². The van der Waals surface area contributed by atoms with E-state index >= 15 is 0 Å². The molecule has 92 valence electrons. The van der Waals surface area contributed by atoms with Crippen molar-refractivity contribution in [1.82, 2.24) is 0 Å². The van der Waals surface area contributed by atoms with E-state index in [1.165, 1.54) is 12.1 Å². The summed E-state index contributed by atoms with van der Waals surface area (Å²) in [7, 11) is 0. The molecule has 18 heavy (non-hydrogen) atoms. The summed E-state index contributed by atoms with van der Waals surface area (Å²) in [5.41, 5.74) is 1.67. The lowest BCUT2D eigenvalue weighted by Crippen LogP contribution is -2.06. The Morgan fingerprint density at radius 2 is 1.89 bits per heavy atom. The number of benzene rings is 2. The van der Waals surface area contributed by atoms with Crippen molar-refractivity contribution in [3.8, 4) is 0 Å². The molecule has 0 aliphatic carbocycles. The largest absolute Gasteiger partial charge is 0.294 e. The molecule has 0 heterocycles. The second kappa shape index (κ2) is 5.32. The lowest BCUT2D eigenvalue weighted by atomic mass is 10.0. The van der Waals surface area contributed by atoms with Crippen LogP contribution in [0.5, 0.6) is 0 Å². The van der Waals surface area contributed by atoms with Crippen molar-refractivity contribution in [1.29, 1.82) is 0 Å². The fourth-order valence-corrected chi connectivity index (χ4v) is 1.90. The van der Waals surface area contributed by atoms with Crippen LogP contribution in [0.4, 0.5) is 4.39 Å². The number of halogens is 2. The second-order valence-corrected chi connectivity index (χ2v) is 4.57. The van der Waals surface area contributed by atoms with E-state index in [4.69, 9.17) is 11.6 Å². The molecule has 0 fully saturated rings. The molecule has 2 aromatic rings. The van der Waals surface area contributed by atoms with E-state index in [1.54, 1.807) is 6.92 Å². The number of aryl methyl sites for hydroxylation is 1. The first-order chi connectivity index (χ1) is 8.58. The van der Waals surface area contributed by atoms with Crippen LogP contribution in [0.1, 0.15) is 21.5 Å². The van der Waals surface area contributed by atoms with Crippen molar-refractivity contribution >= 4 is 17.4 Å². The fraction of sp³-hybridized carbons (Fsp3) is 0.133. The number of ketones is 1. The Kier molecular flexibility index (Phi) is 3.78. The van der Waals surface area contributed by atoms with Gasteiger partial charge in [0.2, 0.25) is 0 Å². The smallest absolute Gasteiger partial charge is 0.170 e. The maximum Gasteiger partial charge on any atom is 0.170 e. The van der Waals surface area contributed by atoms with Gasteiger partial charge in [-0.1, -0.05) is 41.9 Å². The van der Waals surface area contributed by atoms with Crippen LogP contribution >= 0.6 is 11.6 Å². The summed E-state index contributed by atoms with van der Waals surface area (Å²) < 4.78 is 13.7. The molecule has 1 nitrogen and oxygen atoms in total. The van der Waals surface area contributed by atoms with Crippen LogP contribution in [-0.2, 0) is 6.42 Å². The van der Waals surface area contributed by atoms with Crippen molar-refractivity contribution < 1.29 is 9.18 Å². The first-order valence-corrected chi connectivity index (χ1v) is 5.98. The van der Waals surface area contributed by atoms with Crippen LogP contribution in [0.15, 0.2) is 42.5 Å². The molecule has 0 aliphatic rings.